The van der Waals surface area contributed by atoms with Gasteiger partial charge in [-0.25, -0.2) is 0 Å². The molecule has 0 aliphatic rings. The molecular weight excluding hydrogens is 234 g/mol. The van der Waals surface area contributed by atoms with Crippen molar-refractivity contribution >= 4 is 11.6 Å². The number of hydrogen-bond acceptors (Lipinski definition) is 2. The van der Waals surface area contributed by atoms with E-state index in [2.05, 4.69) is 13.8 Å². The van der Waals surface area contributed by atoms with E-state index in [0.717, 1.165) is 24.0 Å². The van der Waals surface area contributed by atoms with Gasteiger partial charge in [-0.2, -0.15) is 0 Å². The van der Waals surface area contributed by atoms with Gasteiger partial charge < -0.3 is 10.8 Å². The highest BCUT2D eigenvalue weighted by atomic mass is 35.5. The second-order valence-corrected chi connectivity index (χ2v) is 5.48. The Hall–Kier alpha value is -0.570. The molecule has 0 saturated carbocycles. The molecule has 0 saturated heterocycles. The number of aliphatic hydroxyl groups excluding tert-OH is 1. The third-order valence-corrected chi connectivity index (χ3v) is 3.44. The van der Waals surface area contributed by atoms with Crippen LogP contribution in [0.2, 0.25) is 5.02 Å². The number of hydrogen-bond donors (Lipinski definition) is 2. The lowest BCUT2D eigenvalue weighted by Gasteiger charge is -2.20. The Kier molecular flexibility index (Phi) is 5.44. The quantitative estimate of drug-likeness (QED) is 0.847. The molecule has 0 aliphatic heterocycles. The van der Waals surface area contributed by atoms with Crippen molar-refractivity contribution in [3.05, 3.63) is 34.3 Å². The standard InChI is InChI=1S/C14H22ClNO/c1-9(2)4-7-13(17)14(16)11-6-5-10(3)12(15)8-11/h5-6,8-9,13-14,17H,4,7,16H2,1-3H3/t13-,14+/m1/s1. The first kappa shape index (κ1) is 14.5. The lowest BCUT2D eigenvalue weighted by atomic mass is 9.95. The normalized spacial score (nSPS) is 15.0. The number of aryl methyl sites for hydroxylation is 1. The van der Waals surface area contributed by atoms with E-state index in [-0.39, 0.29) is 6.04 Å². The van der Waals surface area contributed by atoms with Crippen molar-refractivity contribution in [1.29, 1.82) is 0 Å². The molecule has 0 spiro atoms. The topological polar surface area (TPSA) is 46.2 Å². The molecule has 0 aliphatic carbocycles. The van der Waals surface area contributed by atoms with E-state index in [1.54, 1.807) is 0 Å². The zero-order chi connectivity index (χ0) is 13.0. The van der Waals surface area contributed by atoms with Gasteiger partial charge in [0.15, 0.2) is 0 Å². The van der Waals surface area contributed by atoms with Crippen LogP contribution in [0.5, 0.6) is 0 Å². The van der Waals surface area contributed by atoms with E-state index in [0.29, 0.717) is 10.9 Å². The zero-order valence-corrected chi connectivity index (χ0v) is 11.5. The number of halogens is 1. The summed E-state index contributed by atoms with van der Waals surface area (Å²) in [5.74, 6) is 0.582. The summed E-state index contributed by atoms with van der Waals surface area (Å²) >= 11 is 6.05. The fraction of sp³-hybridized carbons (Fsp3) is 0.571. The van der Waals surface area contributed by atoms with E-state index < -0.39 is 6.10 Å². The fourth-order valence-electron chi connectivity index (χ4n) is 1.72. The molecule has 2 atom stereocenters. The van der Waals surface area contributed by atoms with Crippen molar-refractivity contribution < 1.29 is 5.11 Å². The van der Waals surface area contributed by atoms with Crippen LogP contribution in [0.15, 0.2) is 18.2 Å². The molecule has 0 amide bonds. The maximum absolute atomic E-state index is 10.0. The first-order valence-corrected chi connectivity index (χ1v) is 6.49. The third-order valence-electron chi connectivity index (χ3n) is 3.04. The van der Waals surface area contributed by atoms with Crippen molar-refractivity contribution in [2.75, 3.05) is 0 Å². The van der Waals surface area contributed by atoms with Gasteiger partial charge >= 0.3 is 0 Å². The van der Waals surface area contributed by atoms with Crippen LogP contribution in [0, 0.1) is 12.8 Å². The van der Waals surface area contributed by atoms with Crippen LogP contribution in [-0.2, 0) is 0 Å². The summed E-state index contributed by atoms with van der Waals surface area (Å²) in [6.07, 6.45) is 1.20. The Morgan fingerprint density at radius 1 is 1.29 bits per heavy atom. The Balaban J connectivity index is 2.67. The minimum absolute atomic E-state index is 0.355. The van der Waals surface area contributed by atoms with Gasteiger partial charge in [-0.05, 0) is 42.9 Å². The second kappa shape index (κ2) is 6.39. The highest BCUT2D eigenvalue weighted by molar-refractivity contribution is 6.31. The SMILES string of the molecule is Cc1ccc([C@H](N)[C@H](O)CCC(C)C)cc1Cl. The van der Waals surface area contributed by atoms with Crippen LogP contribution in [0.4, 0.5) is 0 Å². The van der Waals surface area contributed by atoms with Crippen LogP contribution >= 0.6 is 11.6 Å². The second-order valence-electron chi connectivity index (χ2n) is 5.07. The van der Waals surface area contributed by atoms with E-state index >= 15 is 0 Å². The minimum Gasteiger partial charge on any atom is -0.391 e. The van der Waals surface area contributed by atoms with E-state index in [1.165, 1.54) is 0 Å². The fourth-order valence-corrected chi connectivity index (χ4v) is 1.91. The molecule has 1 aromatic rings. The summed E-state index contributed by atoms with van der Waals surface area (Å²) in [6.45, 7) is 6.23. The third kappa shape index (κ3) is 4.30. The molecule has 2 nitrogen and oxygen atoms in total. The summed E-state index contributed by atoms with van der Waals surface area (Å²) < 4.78 is 0. The van der Waals surface area contributed by atoms with Crippen LogP contribution in [0.1, 0.15) is 43.9 Å². The Labute approximate surface area is 109 Å². The predicted octanol–water partition coefficient (Wildman–Crippen LogP) is 3.45. The zero-order valence-electron chi connectivity index (χ0n) is 10.8. The van der Waals surface area contributed by atoms with Gasteiger partial charge in [0.1, 0.15) is 0 Å². The highest BCUT2D eigenvalue weighted by Crippen LogP contribution is 2.24. The molecule has 3 N–H and O–H groups in total. The first-order chi connectivity index (χ1) is 7.91. The molecule has 0 aromatic heterocycles. The molecular formula is C14H22ClNO. The number of aliphatic hydroxyl groups is 1. The van der Waals surface area contributed by atoms with Crippen molar-refractivity contribution in [3.63, 3.8) is 0 Å². The molecule has 1 aromatic carbocycles. The molecule has 0 radical (unpaired) electrons. The maximum Gasteiger partial charge on any atom is 0.0732 e. The van der Waals surface area contributed by atoms with Gasteiger partial charge in [-0.3, -0.25) is 0 Å². The molecule has 96 valence electrons. The summed E-state index contributed by atoms with van der Waals surface area (Å²) in [7, 11) is 0. The first-order valence-electron chi connectivity index (χ1n) is 6.11. The van der Waals surface area contributed by atoms with E-state index in [1.807, 2.05) is 25.1 Å². The predicted molar refractivity (Wildman–Crippen MR) is 73.2 cm³/mol. The molecule has 0 unspecified atom stereocenters. The molecule has 0 bridgehead atoms. The number of benzene rings is 1. The molecule has 1 rings (SSSR count). The van der Waals surface area contributed by atoms with Crippen LogP contribution in [0.3, 0.4) is 0 Å². The van der Waals surface area contributed by atoms with Crippen molar-refractivity contribution in [2.24, 2.45) is 11.7 Å². The van der Waals surface area contributed by atoms with Gasteiger partial charge in [-0.15, -0.1) is 0 Å². The van der Waals surface area contributed by atoms with Crippen molar-refractivity contribution in [3.8, 4) is 0 Å². The van der Waals surface area contributed by atoms with E-state index in [4.69, 9.17) is 17.3 Å². The van der Waals surface area contributed by atoms with Crippen LogP contribution < -0.4 is 5.73 Å². The van der Waals surface area contributed by atoms with Gasteiger partial charge in [0, 0.05) is 5.02 Å². The Bertz CT molecular complexity index is 365. The van der Waals surface area contributed by atoms with Gasteiger partial charge in [-0.1, -0.05) is 37.6 Å². The number of nitrogens with two attached hydrogens (primary N) is 1. The number of rotatable bonds is 5. The lowest BCUT2D eigenvalue weighted by molar-refractivity contribution is 0.128. The molecule has 0 heterocycles. The highest BCUT2D eigenvalue weighted by Gasteiger charge is 2.17. The van der Waals surface area contributed by atoms with Crippen LogP contribution in [-0.4, -0.2) is 11.2 Å². The largest absolute Gasteiger partial charge is 0.391 e. The Morgan fingerprint density at radius 2 is 1.94 bits per heavy atom. The summed E-state index contributed by atoms with van der Waals surface area (Å²) in [6, 6.07) is 5.36. The smallest absolute Gasteiger partial charge is 0.0732 e. The van der Waals surface area contributed by atoms with Crippen molar-refractivity contribution in [1.82, 2.24) is 0 Å². The lowest BCUT2D eigenvalue weighted by Crippen LogP contribution is -2.26. The summed E-state index contributed by atoms with van der Waals surface area (Å²) in [5.41, 5.74) is 7.96. The molecule has 0 fully saturated rings. The monoisotopic (exact) mass is 255 g/mol. The minimum atomic E-state index is -0.504. The van der Waals surface area contributed by atoms with Gasteiger partial charge in [0.2, 0.25) is 0 Å². The average molecular weight is 256 g/mol. The van der Waals surface area contributed by atoms with Gasteiger partial charge in [0.05, 0.1) is 12.1 Å². The molecule has 17 heavy (non-hydrogen) atoms. The van der Waals surface area contributed by atoms with Gasteiger partial charge in [0.25, 0.3) is 0 Å². The summed E-state index contributed by atoms with van der Waals surface area (Å²) in [5, 5.41) is 10.7. The van der Waals surface area contributed by atoms with E-state index in [9.17, 15) is 5.11 Å². The average Bonchev–Trinajstić information content (AvgIpc) is 2.28. The maximum atomic E-state index is 10.0. The summed E-state index contributed by atoms with van der Waals surface area (Å²) in [4.78, 5) is 0. The Morgan fingerprint density at radius 3 is 2.47 bits per heavy atom. The van der Waals surface area contributed by atoms with Crippen molar-refractivity contribution in [2.45, 2.75) is 45.8 Å². The molecule has 3 heteroatoms. The van der Waals surface area contributed by atoms with Crippen LogP contribution in [0.25, 0.3) is 0 Å².